The van der Waals surface area contributed by atoms with Gasteiger partial charge in [0.15, 0.2) is 5.78 Å². The van der Waals surface area contributed by atoms with E-state index in [4.69, 9.17) is 0 Å². The molecule has 0 radical (unpaired) electrons. The zero-order valence-electron chi connectivity index (χ0n) is 28.5. The fourth-order valence-electron chi connectivity index (χ4n) is 12.0. The molecule has 1 N–H and O–H groups in total. The molecule has 5 aliphatic rings. The average Bonchev–Trinajstić information content (AvgIpc) is 3.17. The topological polar surface area (TPSA) is 46.2 Å². The van der Waals surface area contributed by atoms with E-state index in [2.05, 4.69) is 60.7 Å². The number of fused-ring (bicyclic) bond motifs is 7. The number of rotatable bonds is 3. The van der Waals surface area contributed by atoms with Crippen LogP contribution in [-0.2, 0) is 4.79 Å². The van der Waals surface area contributed by atoms with Crippen LogP contribution in [0.15, 0.2) is 41.5 Å². The third-order valence-corrected chi connectivity index (χ3v) is 14.2. The molecule has 8 atom stereocenters. The molecule has 0 aliphatic heterocycles. The number of carbonyl (C=O) groups is 2. The first-order valence-corrected chi connectivity index (χ1v) is 16.3. The van der Waals surface area contributed by atoms with Crippen LogP contribution in [0, 0.1) is 50.7 Å². The molecule has 3 nitrogen and oxygen atoms in total. The quantitative estimate of drug-likeness (QED) is 0.462. The number of hydrogen-bond acceptors (Lipinski definition) is 2. The molecule has 0 spiro atoms. The van der Waals surface area contributed by atoms with Crippen molar-refractivity contribution in [3.63, 3.8) is 0 Å². The van der Waals surface area contributed by atoms with Gasteiger partial charge in [-0.2, -0.15) is 0 Å². The van der Waals surface area contributed by atoms with Gasteiger partial charge in [0.05, 0.1) is 0 Å². The average molecular weight is 568 g/mol. The van der Waals surface area contributed by atoms with E-state index in [1.807, 2.05) is 30.3 Å². The zero-order valence-corrected chi connectivity index (χ0v) is 29.5. The summed E-state index contributed by atoms with van der Waals surface area (Å²) in [4.78, 5) is 26.5. The molecule has 41 heavy (non-hydrogen) atoms. The van der Waals surface area contributed by atoms with E-state index in [0.717, 1.165) is 18.4 Å². The molecular formula is C37H54NNaO2. The Morgan fingerprint density at radius 1 is 0.854 bits per heavy atom. The van der Waals surface area contributed by atoms with Crippen LogP contribution in [0.3, 0.4) is 0 Å². The summed E-state index contributed by atoms with van der Waals surface area (Å²) in [6, 6.07) is 9.92. The maximum Gasteiger partial charge on any atom is 1.00 e. The predicted molar refractivity (Wildman–Crippen MR) is 164 cm³/mol. The van der Waals surface area contributed by atoms with Crippen LogP contribution in [0.25, 0.3) is 0 Å². The fraction of sp³-hybridized carbons (Fsp3) is 0.730. The third-order valence-electron chi connectivity index (χ3n) is 14.2. The Balaban J connectivity index is 0.00000202. The van der Waals surface area contributed by atoms with E-state index in [-0.39, 0.29) is 70.0 Å². The number of amides is 1. The Hall–Kier alpha value is -0.900. The van der Waals surface area contributed by atoms with Gasteiger partial charge in [-0.25, -0.2) is 0 Å². The zero-order chi connectivity index (χ0) is 28.9. The second kappa shape index (κ2) is 10.3. The van der Waals surface area contributed by atoms with Crippen molar-refractivity contribution in [3.8, 4) is 0 Å². The van der Waals surface area contributed by atoms with Gasteiger partial charge in [-0.15, -0.1) is 0 Å². The van der Waals surface area contributed by atoms with Gasteiger partial charge in [0.25, 0.3) is 5.91 Å². The van der Waals surface area contributed by atoms with Crippen LogP contribution in [0.2, 0.25) is 0 Å². The van der Waals surface area contributed by atoms with Crippen molar-refractivity contribution >= 4 is 11.7 Å². The Morgan fingerprint density at radius 2 is 1.54 bits per heavy atom. The Morgan fingerprint density at radius 3 is 2.20 bits per heavy atom. The third kappa shape index (κ3) is 4.36. The minimum absolute atomic E-state index is 0. The number of nitrogens with one attached hydrogen (secondary N) is 1. The number of benzene rings is 1. The van der Waals surface area contributed by atoms with E-state index in [1.54, 1.807) is 5.57 Å². The van der Waals surface area contributed by atoms with Gasteiger partial charge in [0, 0.05) is 18.0 Å². The molecular weight excluding hydrogens is 513 g/mol. The SMILES string of the molecule is CC(C)C1=C2[C@H]3CC[C@H]4[C@@]5(C)CCC(NC(=O)c6ccccc6)C(C)(C)[C@@H]5CC[C@@]4(C)[C@]3(C)CC[C@@]2(C)CC1=O.[H-].[Na+]. The number of hydrogen-bond donors (Lipinski definition) is 1. The molecule has 1 amide bonds. The van der Waals surface area contributed by atoms with Crippen molar-refractivity contribution in [1.29, 1.82) is 0 Å². The summed E-state index contributed by atoms with van der Waals surface area (Å²) in [6.45, 7) is 19.7. The van der Waals surface area contributed by atoms with Crippen LogP contribution in [-0.4, -0.2) is 17.7 Å². The Bertz CT molecular complexity index is 1260. The number of allylic oxidation sites excluding steroid dienone is 2. The largest absolute Gasteiger partial charge is 1.00 e. The first-order valence-electron chi connectivity index (χ1n) is 16.3. The number of Topliss-reactive ketones (excluding diaryl/α,β-unsaturated/α-hetero) is 1. The molecule has 5 aliphatic carbocycles. The standard InChI is InChI=1S/C37H53NO2.Na.H/c1-23(2)30-26(39)22-34(5)20-21-36(7)25(31(30)34)14-15-28-35(6)18-17-29(38-32(40)24-12-10-9-11-13-24)33(3,4)27(35)16-19-37(28,36)8;;/h9-13,23,25,27-29H,14-22H2,1-8H3,(H,38,40);;/q;+1;-1/t25-,27+,28+,29?,34+,35+,36-,37-;;/m1../s1. The van der Waals surface area contributed by atoms with E-state index < -0.39 is 0 Å². The Kier molecular flexibility index (Phi) is 7.95. The summed E-state index contributed by atoms with van der Waals surface area (Å²) in [5, 5.41) is 3.48. The number of ketones is 1. The van der Waals surface area contributed by atoms with Gasteiger partial charge < -0.3 is 6.74 Å². The fourth-order valence-corrected chi connectivity index (χ4v) is 12.0. The first-order chi connectivity index (χ1) is 18.7. The van der Waals surface area contributed by atoms with E-state index in [9.17, 15) is 9.59 Å². The summed E-state index contributed by atoms with van der Waals surface area (Å²) in [5.74, 6) is 2.67. The molecule has 0 aromatic heterocycles. The van der Waals surface area contributed by atoms with Gasteiger partial charge >= 0.3 is 29.6 Å². The normalized spacial score (nSPS) is 42.9. The minimum atomic E-state index is 0. The van der Waals surface area contributed by atoms with Crippen molar-refractivity contribution in [2.75, 3.05) is 0 Å². The molecule has 4 heteroatoms. The molecule has 0 saturated heterocycles. The summed E-state index contributed by atoms with van der Waals surface area (Å²) < 4.78 is 0. The van der Waals surface area contributed by atoms with E-state index >= 15 is 0 Å². The molecule has 1 aromatic rings. The van der Waals surface area contributed by atoms with Crippen LogP contribution < -0.4 is 34.9 Å². The molecule has 6 rings (SSSR count). The molecule has 1 aromatic carbocycles. The van der Waals surface area contributed by atoms with Crippen LogP contribution in [0.4, 0.5) is 0 Å². The molecule has 0 heterocycles. The molecule has 4 fully saturated rings. The molecule has 0 bridgehead atoms. The van der Waals surface area contributed by atoms with Gasteiger partial charge in [-0.3, -0.25) is 9.59 Å². The monoisotopic (exact) mass is 567 g/mol. The molecule has 1 unspecified atom stereocenters. The van der Waals surface area contributed by atoms with Crippen molar-refractivity contribution in [2.45, 2.75) is 119 Å². The van der Waals surface area contributed by atoms with Crippen LogP contribution in [0.1, 0.15) is 125 Å². The summed E-state index contributed by atoms with van der Waals surface area (Å²) in [7, 11) is 0. The second-order valence-electron chi connectivity index (χ2n) is 16.5. The Labute approximate surface area is 273 Å². The second-order valence-corrected chi connectivity index (χ2v) is 16.5. The van der Waals surface area contributed by atoms with Crippen LogP contribution in [0.5, 0.6) is 0 Å². The predicted octanol–water partition coefficient (Wildman–Crippen LogP) is 5.90. The van der Waals surface area contributed by atoms with Crippen molar-refractivity contribution in [2.24, 2.45) is 50.7 Å². The van der Waals surface area contributed by atoms with Gasteiger partial charge in [0.1, 0.15) is 0 Å². The molecule has 4 saturated carbocycles. The van der Waals surface area contributed by atoms with Crippen molar-refractivity contribution in [3.05, 3.63) is 47.0 Å². The smallest absolute Gasteiger partial charge is 1.00 e. The van der Waals surface area contributed by atoms with Crippen molar-refractivity contribution < 1.29 is 40.6 Å². The molecule has 220 valence electrons. The first kappa shape index (κ1) is 31.5. The van der Waals surface area contributed by atoms with E-state index in [0.29, 0.717) is 29.5 Å². The summed E-state index contributed by atoms with van der Waals surface area (Å²) >= 11 is 0. The van der Waals surface area contributed by atoms with Crippen molar-refractivity contribution in [1.82, 2.24) is 5.32 Å². The van der Waals surface area contributed by atoms with Gasteiger partial charge in [0.2, 0.25) is 0 Å². The van der Waals surface area contributed by atoms with Gasteiger partial charge in [-0.1, -0.05) is 79.2 Å². The summed E-state index contributed by atoms with van der Waals surface area (Å²) in [6.07, 6.45) is 10.4. The maximum absolute atomic E-state index is 13.3. The maximum atomic E-state index is 13.3. The van der Waals surface area contributed by atoms with E-state index in [1.165, 1.54) is 50.5 Å². The number of carbonyl (C=O) groups excluding carboxylic acids is 2. The van der Waals surface area contributed by atoms with Gasteiger partial charge in [-0.05, 0) is 120 Å². The minimum Gasteiger partial charge on any atom is -1.00 e. The van der Waals surface area contributed by atoms with Crippen LogP contribution >= 0.6 is 0 Å². The summed E-state index contributed by atoms with van der Waals surface area (Å²) in [5.41, 5.74) is 4.48.